The van der Waals surface area contributed by atoms with Gasteiger partial charge in [0.1, 0.15) is 11.3 Å². The van der Waals surface area contributed by atoms with Crippen molar-refractivity contribution in [2.45, 2.75) is 25.1 Å². The first kappa shape index (κ1) is 20.7. The van der Waals surface area contributed by atoms with Gasteiger partial charge < -0.3 is 9.26 Å². The predicted octanol–water partition coefficient (Wildman–Crippen LogP) is 6.19. The summed E-state index contributed by atoms with van der Waals surface area (Å²) in [6.07, 6.45) is -0.238. The number of ether oxygens (including phenoxy) is 1. The molecule has 154 valence electrons. The van der Waals surface area contributed by atoms with Gasteiger partial charge in [-0.1, -0.05) is 78.9 Å². The molecule has 0 bridgehead atoms. The van der Waals surface area contributed by atoms with Crippen molar-refractivity contribution in [2.24, 2.45) is 5.10 Å². The Balaban J connectivity index is 2.04. The van der Waals surface area contributed by atoms with E-state index < -0.39 is 13.5 Å². The van der Waals surface area contributed by atoms with Gasteiger partial charge in [0.2, 0.25) is 0 Å². The highest BCUT2D eigenvalue weighted by atomic mass is 31.2. The van der Waals surface area contributed by atoms with E-state index in [1.165, 1.54) is 0 Å². The first-order valence-corrected chi connectivity index (χ1v) is 11.4. The summed E-state index contributed by atoms with van der Waals surface area (Å²) in [6, 6.07) is 31.4. The molecule has 3 aromatic carbocycles. The van der Waals surface area contributed by atoms with Crippen LogP contribution in [0.15, 0.2) is 96.1 Å². The topological polar surface area (TPSA) is 34.1 Å². The maximum Gasteiger partial charge on any atom is 0.173 e. The second-order valence-electron chi connectivity index (χ2n) is 7.16. The van der Waals surface area contributed by atoms with Gasteiger partial charge >= 0.3 is 0 Å². The van der Waals surface area contributed by atoms with Crippen LogP contribution < -0.4 is 4.78 Å². The first-order valence-electron chi connectivity index (χ1n) is 10.2. The van der Waals surface area contributed by atoms with Crippen molar-refractivity contribution in [3.05, 3.63) is 102 Å². The Kier molecular flexibility index (Phi) is 6.29. The van der Waals surface area contributed by atoms with Crippen LogP contribution in [0, 0.1) is 0 Å². The second kappa shape index (κ2) is 9.09. The molecule has 0 amide bonds. The van der Waals surface area contributed by atoms with Crippen molar-refractivity contribution in [2.75, 3.05) is 18.5 Å². The maximum absolute atomic E-state index is 6.41. The summed E-state index contributed by atoms with van der Waals surface area (Å²) in [5.41, 5.74) is 4.27. The number of hydrogen-bond donors (Lipinski definition) is 0. The summed E-state index contributed by atoms with van der Waals surface area (Å²) < 4.78 is 14.8. The Hall–Kier alpha value is -2.52. The van der Waals surface area contributed by atoms with Crippen molar-refractivity contribution >= 4 is 19.7 Å². The van der Waals surface area contributed by atoms with Gasteiger partial charge in [0.15, 0.2) is 8.30 Å². The Bertz CT molecular complexity index is 940. The molecule has 0 radical (unpaired) electrons. The van der Waals surface area contributed by atoms with E-state index in [1.807, 2.05) is 37.3 Å². The molecule has 1 heterocycles. The molecule has 2 unspecified atom stereocenters. The Morgan fingerprint density at radius 1 is 0.867 bits per heavy atom. The molecule has 0 spiro atoms. The summed E-state index contributed by atoms with van der Waals surface area (Å²) >= 11 is 0. The number of rotatable bonds is 6. The summed E-state index contributed by atoms with van der Waals surface area (Å²) in [6.45, 7) is 4.68. The molecule has 2 atom stereocenters. The van der Waals surface area contributed by atoms with Crippen molar-refractivity contribution in [3.8, 4) is 0 Å². The molecule has 0 fully saturated rings. The van der Waals surface area contributed by atoms with Crippen LogP contribution in [-0.4, -0.2) is 25.5 Å². The van der Waals surface area contributed by atoms with E-state index >= 15 is 0 Å². The average molecular weight is 418 g/mol. The molecule has 4 rings (SSSR count). The fraction of sp³-hybridized carbons (Fsp3) is 0.240. The lowest BCUT2D eigenvalue weighted by molar-refractivity contribution is 0.0828. The maximum atomic E-state index is 6.41. The number of anilines is 1. The molecule has 0 aromatic heterocycles. The van der Waals surface area contributed by atoms with E-state index in [4.69, 9.17) is 14.4 Å². The van der Waals surface area contributed by atoms with Crippen LogP contribution in [0.2, 0.25) is 0 Å². The van der Waals surface area contributed by atoms with E-state index in [0.717, 1.165) is 22.5 Å². The quantitative estimate of drug-likeness (QED) is 0.448. The Morgan fingerprint density at radius 3 is 1.83 bits per heavy atom. The van der Waals surface area contributed by atoms with Crippen molar-refractivity contribution in [1.29, 1.82) is 0 Å². The SMILES string of the molecule is CCOC1C(C)=NN(c2ccccc2)P(OC)C1(c1ccccc1)c1ccccc1. The molecule has 30 heavy (non-hydrogen) atoms. The Labute approximate surface area is 180 Å². The molecule has 1 aliphatic heterocycles. The number of hydrazone groups is 1. The van der Waals surface area contributed by atoms with Crippen LogP contribution in [0.25, 0.3) is 0 Å². The van der Waals surface area contributed by atoms with E-state index in [1.54, 1.807) is 7.11 Å². The second-order valence-corrected chi connectivity index (χ2v) is 9.15. The molecule has 0 saturated carbocycles. The summed E-state index contributed by atoms with van der Waals surface area (Å²) in [7, 11) is 0.513. The van der Waals surface area contributed by atoms with E-state index in [-0.39, 0.29) is 6.10 Å². The van der Waals surface area contributed by atoms with Gasteiger partial charge in [-0.2, -0.15) is 5.10 Å². The molecule has 1 aliphatic rings. The van der Waals surface area contributed by atoms with E-state index in [0.29, 0.717) is 6.61 Å². The highest BCUT2D eigenvalue weighted by Gasteiger charge is 2.57. The van der Waals surface area contributed by atoms with Crippen LogP contribution in [-0.2, 0) is 14.4 Å². The third-order valence-corrected chi connectivity index (χ3v) is 7.77. The van der Waals surface area contributed by atoms with Gasteiger partial charge in [-0.25, -0.2) is 4.78 Å². The van der Waals surface area contributed by atoms with Crippen LogP contribution >= 0.6 is 8.30 Å². The van der Waals surface area contributed by atoms with E-state index in [9.17, 15) is 0 Å². The summed E-state index contributed by atoms with van der Waals surface area (Å²) in [5, 5.41) is 4.44. The molecule has 4 nitrogen and oxygen atoms in total. The molecule has 0 N–H and O–H groups in total. The smallest absolute Gasteiger partial charge is 0.173 e. The van der Waals surface area contributed by atoms with Crippen LogP contribution in [0.4, 0.5) is 5.69 Å². The molecule has 5 heteroatoms. The number of para-hydroxylation sites is 1. The largest absolute Gasteiger partial charge is 0.371 e. The van der Waals surface area contributed by atoms with Crippen molar-refractivity contribution in [1.82, 2.24) is 0 Å². The van der Waals surface area contributed by atoms with Crippen LogP contribution in [0.1, 0.15) is 25.0 Å². The van der Waals surface area contributed by atoms with Crippen molar-refractivity contribution < 1.29 is 9.26 Å². The monoisotopic (exact) mass is 418 g/mol. The lowest BCUT2D eigenvalue weighted by atomic mass is 9.83. The highest BCUT2D eigenvalue weighted by molar-refractivity contribution is 7.56. The normalized spacial score (nSPS) is 20.6. The van der Waals surface area contributed by atoms with Crippen LogP contribution in [0.5, 0.6) is 0 Å². The first-order chi connectivity index (χ1) is 14.7. The summed E-state index contributed by atoms with van der Waals surface area (Å²) in [4.78, 5) is 0. The minimum absolute atomic E-state index is 0.238. The lowest BCUT2D eigenvalue weighted by Gasteiger charge is -2.51. The minimum Gasteiger partial charge on any atom is -0.371 e. The van der Waals surface area contributed by atoms with Gasteiger partial charge in [-0.15, -0.1) is 0 Å². The molecule has 0 saturated heterocycles. The van der Waals surface area contributed by atoms with Gasteiger partial charge in [0.05, 0.1) is 11.4 Å². The molecule has 3 aromatic rings. The van der Waals surface area contributed by atoms with E-state index in [2.05, 4.69) is 72.4 Å². The third kappa shape index (κ3) is 3.45. The lowest BCUT2D eigenvalue weighted by Crippen LogP contribution is -2.51. The van der Waals surface area contributed by atoms with Gasteiger partial charge in [-0.05, 0) is 37.1 Å². The standard InChI is InChI=1S/C25H27N2O2P/c1-4-29-24-20(2)26-27(23-18-12-7-13-19-23)30(28-3)25(24,21-14-8-5-9-15-21)22-16-10-6-11-17-22/h5-19,24H,4H2,1-3H3. The highest BCUT2D eigenvalue weighted by Crippen LogP contribution is 2.67. The number of benzene rings is 3. The van der Waals surface area contributed by atoms with Crippen molar-refractivity contribution in [3.63, 3.8) is 0 Å². The zero-order chi connectivity index (χ0) is 21.0. The zero-order valence-electron chi connectivity index (χ0n) is 17.6. The fourth-order valence-electron chi connectivity index (χ4n) is 4.22. The number of hydrogen-bond acceptors (Lipinski definition) is 4. The molecular weight excluding hydrogens is 391 g/mol. The zero-order valence-corrected chi connectivity index (χ0v) is 18.5. The number of nitrogens with zero attached hydrogens (tertiary/aromatic N) is 2. The molecular formula is C25H27N2O2P. The minimum atomic E-state index is -1.27. The van der Waals surface area contributed by atoms with Gasteiger partial charge in [0, 0.05) is 13.7 Å². The third-order valence-electron chi connectivity index (χ3n) is 5.41. The predicted molar refractivity (Wildman–Crippen MR) is 125 cm³/mol. The molecule has 0 aliphatic carbocycles. The van der Waals surface area contributed by atoms with Gasteiger partial charge in [-0.3, -0.25) is 0 Å². The average Bonchev–Trinajstić information content (AvgIpc) is 2.81. The summed E-state index contributed by atoms with van der Waals surface area (Å²) in [5.74, 6) is 0. The van der Waals surface area contributed by atoms with Crippen LogP contribution in [0.3, 0.4) is 0 Å². The van der Waals surface area contributed by atoms with Gasteiger partial charge in [0.25, 0.3) is 0 Å². The Morgan fingerprint density at radius 2 is 1.37 bits per heavy atom. The fourth-order valence-corrected chi connectivity index (χ4v) is 6.73.